The zero-order valence-electron chi connectivity index (χ0n) is 25.8. The third kappa shape index (κ3) is 7.07. The van der Waals surface area contributed by atoms with Crippen LogP contribution in [0.25, 0.3) is 22.3 Å². The standard InChI is InChI=1S/C37H38ClN5O3/c1-23-6-16-29(17-7-23)41-35(44)26-12-8-24(9-13-26)28-20-32(34(39)40-21-28)36(45)42-30-18-19-43(22-30)37(46)27-14-10-25(11-15-27)31-4-2-3-5-33(31)38/h2-5,8-15,20-21,23,29-30H,6-7,16-19,22H2,1H3,(H2,39,40)(H,41,44)(H,42,45)/t23?,29?,30-/m1/s1. The summed E-state index contributed by atoms with van der Waals surface area (Å²) < 4.78 is 0. The average Bonchev–Trinajstić information content (AvgIpc) is 3.54. The Morgan fingerprint density at radius 2 is 1.43 bits per heavy atom. The molecular weight excluding hydrogens is 598 g/mol. The highest BCUT2D eigenvalue weighted by molar-refractivity contribution is 6.33. The largest absolute Gasteiger partial charge is 0.383 e. The van der Waals surface area contributed by atoms with Gasteiger partial charge in [-0.15, -0.1) is 0 Å². The Balaban J connectivity index is 1.06. The quantitative estimate of drug-likeness (QED) is 0.211. The molecule has 9 heteroatoms. The minimum absolute atomic E-state index is 0.0696. The first-order valence-corrected chi connectivity index (χ1v) is 16.2. The molecule has 1 atom stereocenters. The van der Waals surface area contributed by atoms with Gasteiger partial charge in [0.25, 0.3) is 17.7 Å². The molecule has 0 unspecified atom stereocenters. The van der Waals surface area contributed by atoms with Gasteiger partial charge in [-0.25, -0.2) is 4.98 Å². The van der Waals surface area contributed by atoms with Gasteiger partial charge in [-0.3, -0.25) is 14.4 Å². The predicted molar refractivity (Wildman–Crippen MR) is 182 cm³/mol. The van der Waals surface area contributed by atoms with Crippen molar-refractivity contribution in [1.29, 1.82) is 0 Å². The summed E-state index contributed by atoms with van der Waals surface area (Å²) in [5, 5.41) is 6.85. The molecule has 3 amide bonds. The van der Waals surface area contributed by atoms with Crippen LogP contribution in [0, 0.1) is 5.92 Å². The van der Waals surface area contributed by atoms with E-state index in [9.17, 15) is 14.4 Å². The van der Waals surface area contributed by atoms with Gasteiger partial charge in [-0.2, -0.15) is 0 Å². The van der Waals surface area contributed by atoms with Crippen molar-refractivity contribution in [3.63, 3.8) is 0 Å². The number of rotatable bonds is 7. The molecule has 1 aliphatic heterocycles. The van der Waals surface area contributed by atoms with E-state index in [1.54, 1.807) is 41.4 Å². The lowest BCUT2D eigenvalue weighted by Gasteiger charge is -2.26. The van der Waals surface area contributed by atoms with E-state index in [-0.39, 0.29) is 41.2 Å². The second-order valence-corrected chi connectivity index (χ2v) is 12.8. The molecule has 2 aliphatic rings. The summed E-state index contributed by atoms with van der Waals surface area (Å²) >= 11 is 6.33. The van der Waals surface area contributed by atoms with Crippen LogP contribution in [0.5, 0.6) is 0 Å². The van der Waals surface area contributed by atoms with Crippen molar-refractivity contribution in [1.82, 2.24) is 20.5 Å². The number of pyridine rings is 1. The number of halogens is 1. The first-order chi connectivity index (χ1) is 22.2. The number of nitrogen functional groups attached to an aromatic ring is 1. The number of nitrogens with one attached hydrogen (secondary N) is 2. The molecule has 3 aromatic carbocycles. The molecule has 0 bridgehead atoms. The summed E-state index contributed by atoms with van der Waals surface area (Å²) in [7, 11) is 0. The van der Waals surface area contributed by atoms with E-state index < -0.39 is 0 Å². The van der Waals surface area contributed by atoms with Crippen molar-refractivity contribution in [2.75, 3.05) is 18.8 Å². The number of hydrogen-bond donors (Lipinski definition) is 3. The van der Waals surface area contributed by atoms with Gasteiger partial charge in [-0.05, 0) is 85.5 Å². The minimum atomic E-state index is -0.340. The summed E-state index contributed by atoms with van der Waals surface area (Å²) in [5.74, 6) is 0.355. The van der Waals surface area contributed by atoms with Crippen molar-refractivity contribution in [2.45, 2.75) is 51.1 Å². The first-order valence-electron chi connectivity index (χ1n) is 15.9. The van der Waals surface area contributed by atoms with Crippen LogP contribution in [-0.4, -0.2) is 52.8 Å². The van der Waals surface area contributed by atoms with Crippen LogP contribution < -0.4 is 16.4 Å². The average molecular weight is 636 g/mol. The van der Waals surface area contributed by atoms with E-state index in [0.717, 1.165) is 53.9 Å². The molecule has 236 valence electrons. The summed E-state index contributed by atoms with van der Waals surface area (Å²) in [4.78, 5) is 45.4. The Labute approximate surface area is 274 Å². The molecule has 1 aliphatic carbocycles. The molecule has 1 saturated carbocycles. The van der Waals surface area contributed by atoms with Crippen LogP contribution in [0.1, 0.15) is 70.1 Å². The number of carbonyl (C=O) groups excluding carboxylic acids is 3. The van der Waals surface area contributed by atoms with E-state index in [0.29, 0.717) is 35.7 Å². The normalized spacial score (nSPS) is 19.4. The number of nitrogens with zero attached hydrogens (tertiary/aromatic N) is 2. The molecule has 6 rings (SSSR count). The second-order valence-electron chi connectivity index (χ2n) is 12.4. The van der Waals surface area contributed by atoms with Gasteiger partial charge < -0.3 is 21.3 Å². The summed E-state index contributed by atoms with van der Waals surface area (Å²) in [6, 6.07) is 24.0. The number of likely N-dealkylation sites (tertiary alicyclic amines) is 1. The zero-order chi connectivity index (χ0) is 32.2. The number of anilines is 1. The third-order valence-electron chi connectivity index (χ3n) is 9.12. The molecular formula is C37H38ClN5O3. The molecule has 1 saturated heterocycles. The maximum atomic E-state index is 13.3. The molecule has 0 spiro atoms. The van der Waals surface area contributed by atoms with E-state index in [1.807, 2.05) is 48.5 Å². The Morgan fingerprint density at radius 3 is 2.15 bits per heavy atom. The summed E-state index contributed by atoms with van der Waals surface area (Å²) in [5.41, 5.74) is 11.0. The smallest absolute Gasteiger partial charge is 0.255 e. The van der Waals surface area contributed by atoms with E-state index in [2.05, 4.69) is 22.5 Å². The highest BCUT2D eigenvalue weighted by Crippen LogP contribution is 2.29. The van der Waals surface area contributed by atoms with Gasteiger partial charge in [0.05, 0.1) is 5.56 Å². The van der Waals surface area contributed by atoms with Crippen LogP contribution in [0.4, 0.5) is 5.82 Å². The lowest BCUT2D eigenvalue weighted by atomic mass is 9.87. The maximum absolute atomic E-state index is 13.3. The maximum Gasteiger partial charge on any atom is 0.255 e. The van der Waals surface area contributed by atoms with E-state index in [1.165, 1.54) is 0 Å². The highest BCUT2D eigenvalue weighted by atomic mass is 35.5. The Morgan fingerprint density at radius 1 is 0.783 bits per heavy atom. The second kappa shape index (κ2) is 13.7. The predicted octanol–water partition coefficient (Wildman–Crippen LogP) is 6.60. The van der Waals surface area contributed by atoms with Gasteiger partial charge in [-0.1, -0.05) is 61.0 Å². The highest BCUT2D eigenvalue weighted by Gasteiger charge is 2.29. The van der Waals surface area contributed by atoms with Crippen LogP contribution >= 0.6 is 11.6 Å². The van der Waals surface area contributed by atoms with E-state index >= 15 is 0 Å². The van der Waals surface area contributed by atoms with Crippen LogP contribution in [0.15, 0.2) is 85.1 Å². The Bertz CT molecular complexity index is 1730. The van der Waals surface area contributed by atoms with Crippen LogP contribution in [-0.2, 0) is 0 Å². The van der Waals surface area contributed by atoms with Crippen molar-refractivity contribution in [3.05, 3.63) is 107 Å². The molecule has 0 radical (unpaired) electrons. The number of amides is 3. The van der Waals surface area contributed by atoms with Gasteiger partial charge in [0, 0.05) is 58.6 Å². The van der Waals surface area contributed by atoms with Crippen LogP contribution in [0.2, 0.25) is 5.02 Å². The SMILES string of the molecule is CC1CCC(NC(=O)c2ccc(-c3cnc(N)c(C(=O)N[C@@H]4CCN(C(=O)c5ccc(-c6ccccc6Cl)cc5)C4)c3)cc2)CC1. The minimum Gasteiger partial charge on any atom is -0.383 e. The fraction of sp³-hybridized carbons (Fsp3) is 0.297. The van der Waals surface area contributed by atoms with Crippen molar-refractivity contribution in [2.24, 2.45) is 5.92 Å². The number of benzene rings is 3. The molecule has 4 N–H and O–H groups in total. The van der Waals surface area contributed by atoms with Crippen molar-refractivity contribution < 1.29 is 14.4 Å². The van der Waals surface area contributed by atoms with Gasteiger partial charge in [0.2, 0.25) is 0 Å². The number of hydrogen-bond acceptors (Lipinski definition) is 5. The Hall–Kier alpha value is -4.69. The molecule has 46 heavy (non-hydrogen) atoms. The number of carbonyl (C=O) groups is 3. The van der Waals surface area contributed by atoms with Gasteiger partial charge in [0.1, 0.15) is 5.82 Å². The third-order valence-corrected chi connectivity index (χ3v) is 9.45. The fourth-order valence-electron chi connectivity index (χ4n) is 6.30. The number of aromatic nitrogens is 1. The molecule has 2 fully saturated rings. The number of nitrogens with two attached hydrogens (primary N) is 1. The zero-order valence-corrected chi connectivity index (χ0v) is 26.6. The molecule has 8 nitrogen and oxygen atoms in total. The summed E-state index contributed by atoms with van der Waals surface area (Å²) in [6.45, 7) is 3.19. The van der Waals surface area contributed by atoms with Crippen LogP contribution in [0.3, 0.4) is 0 Å². The van der Waals surface area contributed by atoms with Crippen molar-refractivity contribution >= 4 is 35.1 Å². The van der Waals surface area contributed by atoms with Crippen molar-refractivity contribution in [3.8, 4) is 22.3 Å². The summed E-state index contributed by atoms with van der Waals surface area (Å²) in [6.07, 6.45) is 6.56. The molecule has 1 aromatic heterocycles. The van der Waals surface area contributed by atoms with E-state index in [4.69, 9.17) is 17.3 Å². The first kappa shape index (κ1) is 31.3. The monoisotopic (exact) mass is 635 g/mol. The molecule has 2 heterocycles. The van der Waals surface area contributed by atoms with Gasteiger partial charge in [0.15, 0.2) is 0 Å². The topological polar surface area (TPSA) is 117 Å². The lowest BCUT2D eigenvalue weighted by molar-refractivity contribution is 0.0783. The Kier molecular flexibility index (Phi) is 9.35. The van der Waals surface area contributed by atoms with Gasteiger partial charge >= 0.3 is 0 Å². The lowest BCUT2D eigenvalue weighted by Crippen LogP contribution is -2.38. The molecule has 4 aromatic rings. The fourth-order valence-corrected chi connectivity index (χ4v) is 6.54.